The molecule has 0 aliphatic rings. The van der Waals surface area contributed by atoms with Crippen molar-refractivity contribution < 1.29 is 61.3 Å². The first-order chi connectivity index (χ1) is 4.72. The molecule has 0 aromatic carbocycles. The Morgan fingerprint density at radius 2 is 2.18 bits per heavy atom. The van der Waals surface area contributed by atoms with E-state index in [0.29, 0.717) is 0 Å². The fourth-order valence-electron chi connectivity index (χ4n) is 0.582. The number of carboxylic acid groups (broad SMARTS) is 1. The topological polar surface area (TPSA) is 73.0 Å². The van der Waals surface area contributed by atoms with Gasteiger partial charge >= 0.3 is 51.4 Å². The van der Waals surface area contributed by atoms with E-state index in [2.05, 4.69) is 4.98 Å². The van der Waals surface area contributed by atoms with Crippen LogP contribution >= 0.6 is 0 Å². The fourth-order valence-corrected chi connectivity index (χ4v) is 0.582. The van der Waals surface area contributed by atoms with Crippen LogP contribution in [-0.4, -0.2) is 11.0 Å². The maximum Gasteiger partial charge on any atom is 1.00 e. The van der Waals surface area contributed by atoms with Crippen LogP contribution in [0.4, 0.5) is 0 Å². The molecule has 1 aromatic heterocycles. The van der Waals surface area contributed by atoms with Crippen molar-refractivity contribution in [1.82, 2.24) is 4.98 Å². The van der Waals surface area contributed by atoms with E-state index in [4.69, 9.17) is 0 Å². The summed E-state index contributed by atoms with van der Waals surface area (Å²) >= 11 is 0. The molecule has 52 valence electrons. The van der Waals surface area contributed by atoms with E-state index < -0.39 is 11.5 Å². The Balaban J connectivity index is 0.000001000. The van der Waals surface area contributed by atoms with Crippen LogP contribution < -0.4 is 62.1 Å². The number of nitrogens with one attached hydrogen (secondary N) is 1. The summed E-state index contributed by atoms with van der Waals surface area (Å²) < 4.78 is 0. The van der Waals surface area contributed by atoms with E-state index in [1.807, 2.05) is 0 Å². The van der Waals surface area contributed by atoms with Gasteiger partial charge in [-0.25, -0.2) is 0 Å². The maximum atomic E-state index is 10.6. The summed E-state index contributed by atoms with van der Waals surface area (Å²) in [7, 11) is 0. The maximum absolute atomic E-state index is 10.6. The molecule has 1 N–H and O–H groups in total. The summed E-state index contributed by atoms with van der Waals surface area (Å²) in [5, 5.41) is 10.1. The Labute approximate surface area is 105 Å². The number of carboxylic acids is 1. The largest absolute Gasteiger partial charge is 1.00 e. The standard InChI is InChI=1S/C6H5NO3.K/c8-5-4(6(9)10)2-1-3-7-5;/h1-3H,(H,7,8)(H,9,10);/q;+1/p-1. The summed E-state index contributed by atoms with van der Waals surface area (Å²) in [6.45, 7) is 0. The third kappa shape index (κ3) is 2.88. The average molecular weight is 177 g/mol. The van der Waals surface area contributed by atoms with Gasteiger partial charge < -0.3 is 14.9 Å². The van der Waals surface area contributed by atoms with Crippen molar-refractivity contribution in [3.8, 4) is 0 Å². The number of aromatic carboxylic acids is 1. The minimum absolute atomic E-state index is 0. The number of carbonyl (C=O) groups is 1. The summed E-state index contributed by atoms with van der Waals surface area (Å²) in [5.74, 6) is -1.46. The summed E-state index contributed by atoms with van der Waals surface area (Å²) in [5.41, 5.74) is -0.981. The van der Waals surface area contributed by atoms with Crippen LogP contribution in [-0.2, 0) is 0 Å². The molecule has 11 heavy (non-hydrogen) atoms. The monoisotopic (exact) mass is 177 g/mol. The number of hydrogen-bond acceptors (Lipinski definition) is 3. The van der Waals surface area contributed by atoms with Gasteiger partial charge in [0.25, 0.3) is 5.56 Å². The first-order valence-electron chi connectivity index (χ1n) is 2.61. The molecule has 0 saturated heterocycles. The second kappa shape index (κ2) is 4.84. The zero-order valence-electron chi connectivity index (χ0n) is 5.96. The van der Waals surface area contributed by atoms with E-state index >= 15 is 0 Å². The van der Waals surface area contributed by atoms with Gasteiger partial charge in [0.2, 0.25) is 0 Å². The Morgan fingerprint density at radius 3 is 2.55 bits per heavy atom. The summed E-state index contributed by atoms with van der Waals surface area (Å²) in [6.07, 6.45) is 1.36. The number of aromatic amines is 1. The van der Waals surface area contributed by atoms with Crippen molar-refractivity contribution in [2.45, 2.75) is 0 Å². The molecule has 0 bridgehead atoms. The smallest absolute Gasteiger partial charge is 0.545 e. The van der Waals surface area contributed by atoms with Gasteiger partial charge in [0.1, 0.15) is 0 Å². The predicted octanol–water partition coefficient (Wildman–Crippen LogP) is -4.26. The van der Waals surface area contributed by atoms with Gasteiger partial charge in [-0.15, -0.1) is 0 Å². The van der Waals surface area contributed by atoms with Crippen LogP contribution in [0.5, 0.6) is 0 Å². The third-order valence-corrected chi connectivity index (χ3v) is 1.04. The first kappa shape index (κ1) is 11.1. The first-order valence-corrected chi connectivity index (χ1v) is 2.61. The molecule has 4 nitrogen and oxygen atoms in total. The van der Waals surface area contributed by atoms with E-state index in [1.165, 1.54) is 18.3 Å². The van der Waals surface area contributed by atoms with Crippen molar-refractivity contribution in [1.29, 1.82) is 0 Å². The number of rotatable bonds is 1. The molecule has 0 saturated carbocycles. The van der Waals surface area contributed by atoms with Crippen molar-refractivity contribution in [3.05, 3.63) is 34.2 Å². The molecule has 0 aliphatic carbocycles. The molecular formula is C6H4KNO3. The van der Waals surface area contributed by atoms with E-state index in [9.17, 15) is 14.7 Å². The van der Waals surface area contributed by atoms with Crippen molar-refractivity contribution >= 4 is 5.97 Å². The third-order valence-electron chi connectivity index (χ3n) is 1.04. The minimum Gasteiger partial charge on any atom is -0.545 e. The Kier molecular flexibility index (Phi) is 4.86. The van der Waals surface area contributed by atoms with Crippen LogP contribution in [0.15, 0.2) is 23.1 Å². The molecule has 0 atom stereocenters. The molecule has 5 heteroatoms. The van der Waals surface area contributed by atoms with Gasteiger partial charge in [0.15, 0.2) is 0 Å². The SMILES string of the molecule is O=C([O-])c1ccc[nH]c1=O.[K+]. The van der Waals surface area contributed by atoms with E-state index in [1.54, 1.807) is 0 Å². The van der Waals surface area contributed by atoms with Gasteiger partial charge in [-0.3, -0.25) is 4.79 Å². The minimum atomic E-state index is -1.46. The molecule has 0 amide bonds. The number of H-pyrrole nitrogens is 1. The molecule has 0 unspecified atom stereocenters. The Morgan fingerprint density at radius 1 is 1.55 bits per heavy atom. The van der Waals surface area contributed by atoms with Gasteiger partial charge in [0, 0.05) is 6.20 Å². The molecule has 0 radical (unpaired) electrons. The van der Waals surface area contributed by atoms with Crippen LogP contribution in [0.1, 0.15) is 10.4 Å². The number of pyridine rings is 1. The Hall–Kier alpha value is 0.0564. The molecule has 1 aromatic rings. The van der Waals surface area contributed by atoms with Crippen molar-refractivity contribution in [2.24, 2.45) is 0 Å². The normalized spacial score (nSPS) is 8.36. The number of carbonyl (C=O) groups excluding carboxylic acids is 1. The van der Waals surface area contributed by atoms with Gasteiger partial charge in [-0.2, -0.15) is 0 Å². The van der Waals surface area contributed by atoms with Gasteiger partial charge in [0.05, 0.1) is 11.5 Å². The Bertz CT molecular complexity index is 307. The van der Waals surface area contributed by atoms with E-state index in [0.717, 1.165) is 0 Å². The second-order valence-corrected chi connectivity index (χ2v) is 1.70. The molecule has 1 rings (SSSR count). The zero-order valence-corrected chi connectivity index (χ0v) is 9.08. The number of aromatic nitrogens is 1. The van der Waals surface area contributed by atoms with Crippen LogP contribution in [0.2, 0.25) is 0 Å². The summed E-state index contributed by atoms with van der Waals surface area (Å²) in [6, 6.07) is 2.61. The summed E-state index contributed by atoms with van der Waals surface area (Å²) in [4.78, 5) is 22.9. The molecule has 1 heterocycles. The van der Waals surface area contributed by atoms with E-state index in [-0.39, 0.29) is 56.9 Å². The second-order valence-electron chi connectivity index (χ2n) is 1.70. The molecule has 0 aliphatic heterocycles. The van der Waals surface area contributed by atoms with Gasteiger partial charge in [-0.05, 0) is 12.1 Å². The fraction of sp³-hybridized carbons (Fsp3) is 0. The zero-order chi connectivity index (χ0) is 7.56. The quantitative estimate of drug-likeness (QED) is 0.441. The molecule has 0 spiro atoms. The molecular weight excluding hydrogens is 173 g/mol. The average Bonchev–Trinajstić information content (AvgIpc) is 1.88. The van der Waals surface area contributed by atoms with Crippen LogP contribution in [0.3, 0.4) is 0 Å². The van der Waals surface area contributed by atoms with Gasteiger partial charge in [-0.1, -0.05) is 0 Å². The van der Waals surface area contributed by atoms with Crippen molar-refractivity contribution in [3.63, 3.8) is 0 Å². The molecule has 0 fully saturated rings. The number of hydrogen-bond donors (Lipinski definition) is 1. The van der Waals surface area contributed by atoms with Crippen molar-refractivity contribution in [2.75, 3.05) is 0 Å². The van der Waals surface area contributed by atoms with Crippen LogP contribution in [0, 0.1) is 0 Å². The van der Waals surface area contributed by atoms with Crippen LogP contribution in [0.25, 0.3) is 0 Å². The predicted molar refractivity (Wildman–Crippen MR) is 31.4 cm³/mol.